The Morgan fingerprint density at radius 1 is 1.44 bits per heavy atom. The lowest BCUT2D eigenvalue weighted by Gasteiger charge is -2.00. The van der Waals surface area contributed by atoms with Crippen LogP contribution in [0.4, 0.5) is 5.69 Å². The molecule has 4 nitrogen and oxygen atoms in total. The second-order valence-corrected chi connectivity index (χ2v) is 5.09. The van der Waals surface area contributed by atoms with Crippen LogP contribution < -0.4 is 5.32 Å². The van der Waals surface area contributed by atoms with Crippen LogP contribution in [0.15, 0.2) is 34.3 Å². The van der Waals surface area contributed by atoms with Gasteiger partial charge in [-0.15, -0.1) is 11.8 Å². The van der Waals surface area contributed by atoms with Gasteiger partial charge in [0.05, 0.1) is 5.69 Å². The molecular formula is C12H12N4S2. The van der Waals surface area contributed by atoms with Gasteiger partial charge in [0.15, 0.2) is 11.4 Å². The highest BCUT2D eigenvalue weighted by Gasteiger charge is 2.04. The first-order chi connectivity index (χ1) is 8.78. The number of fused-ring (bicyclic) bond motifs is 1. The zero-order chi connectivity index (χ0) is 13.0. The fourth-order valence-electron chi connectivity index (χ4n) is 1.61. The first-order valence-corrected chi connectivity index (χ1v) is 7.66. The van der Waals surface area contributed by atoms with E-state index in [4.69, 9.17) is 5.26 Å². The van der Waals surface area contributed by atoms with E-state index in [0.29, 0.717) is 5.17 Å². The predicted molar refractivity (Wildman–Crippen MR) is 79.4 cm³/mol. The van der Waals surface area contributed by atoms with Crippen molar-refractivity contribution in [2.24, 2.45) is 4.99 Å². The lowest BCUT2D eigenvalue weighted by Crippen LogP contribution is -2.12. The average Bonchev–Trinajstić information content (AvgIpc) is 2.80. The molecule has 0 atom stereocenters. The molecule has 0 aliphatic carbocycles. The van der Waals surface area contributed by atoms with Crippen LogP contribution in [-0.4, -0.2) is 22.7 Å². The second kappa shape index (κ2) is 5.85. The van der Waals surface area contributed by atoms with Crippen LogP contribution in [0.2, 0.25) is 0 Å². The summed E-state index contributed by atoms with van der Waals surface area (Å²) in [6.45, 7) is 0. The summed E-state index contributed by atoms with van der Waals surface area (Å²) in [6.07, 6.45) is 7.80. The minimum atomic E-state index is 0.595. The molecule has 2 rings (SSSR count). The Hall–Kier alpha value is -1.58. The number of H-pyrrole nitrogens is 1. The summed E-state index contributed by atoms with van der Waals surface area (Å²) >= 11 is 3.11. The van der Waals surface area contributed by atoms with Crippen molar-refractivity contribution in [1.29, 1.82) is 5.26 Å². The molecule has 0 unspecified atom stereocenters. The van der Waals surface area contributed by atoms with Gasteiger partial charge in [-0.1, -0.05) is 11.8 Å². The maximum atomic E-state index is 8.60. The summed E-state index contributed by atoms with van der Waals surface area (Å²) in [6, 6.07) is 5.95. The molecule has 0 saturated heterocycles. The van der Waals surface area contributed by atoms with Crippen molar-refractivity contribution in [2.45, 2.75) is 4.90 Å². The summed E-state index contributed by atoms with van der Waals surface area (Å²) < 4.78 is 0. The molecule has 1 aromatic heterocycles. The predicted octanol–water partition coefficient (Wildman–Crippen LogP) is 3.31. The smallest absolute Gasteiger partial charge is 0.183 e. The van der Waals surface area contributed by atoms with Gasteiger partial charge < -0.3 is 4.98 Å². The number of nitrogens with one attached hydrogen (secondary N) is 2. The van der Waals surface area contributed by atoms with Crippen LogP contribution in [0.1, 0.15) is 0 Å². The van der Waals surface area contributed by atoms with Gasteiger partial charge in [0.25, 0.3) is 0 Å². The molecular weight excluding hydrogens is 264 g/mol. The minimum absolute atomic E-state index is 0.595. The van der Waals surface area contributed by atoms with Gasteiger partial charge in [0, 0.05) is 22.0 Å². The van der Waals surface area contributed by atoms with Crippen molar-refractivity contribution < 1.29 is 0 Å². The first kappa shape index (κ1) is 12.9. The standard InChI is InChI=1S/C12H12N4S2/c1-17-11-6-14-10-4-3-8(5-9(10)11)16-12(18-2)15-7-13/h3-6,14H,1-2H3,(H,15,16). The molecule has 0 aliphatic rings. The maximum Gasteiger partial charge on any atom is 0.183 e. The molecule has 0 amide bonds. The van der Waals surface area contributed by atoms with Crippen molar-refractivity contribution in [3.63, 3.8) is 0 Å². The number of aromatic amines is 1. The third kappa shape index (κ3) is 2.63. The normalized spacial score (nSPS) is 11.5. The monoisotopic (exact) mass is 276 g/mol. The number of nitriles is 1. The number of hydrogen-bond donors (Lipinski definition) is 2. The number of aliphatic imine (C=N–C) groups is 1. The van der Waals surface area contributed by atoms with Gasteiger partial charge in [-0.05, 0) is 30.7 Å². The molecule has 0 fully saturated rings. The van der Waals surface area contributed by atoms with Crippen molar-refractivity contribution in [3.05, 3.63) is 24.4 Å². The Balaban J connectivity index is 2.43. The molecule has 18 heavy (non-hydrogen) atoms. The molecule has 1 heterocycles. The van der Waals surface area contributed by atoms with E-state index < -0.39 is 0 Å². The number of benzene rings is 1. The van der Waals surface area contributed by atoms with E-state index >= 15 is 0 Å². The molecule has 92 valence electrons. The summed E-state index contributed by atoms with van der Waals surface area (Å²) in [5, 5.41) is 12.9. The molecule has 6 heteroatoms. The van der Waals surface area contributed by atoms with Crippen molar-refractivity contribution in [2.75, 3.05) is 12.5 Å². The highest BCUT2D eigenvalue weighted by molar-refractivity contribution is 8.13. The summed E-state index contributed by atoms with van der Waals surface area (Å²) in [5.74, 6) is 0. The largest absolute Gasteiger partial charge is 0.360 e. The van der Waals surface area contributed by atoms with E-state index in [1.807, 2.05) is 43.1 Å². The van der Waals surface area contributed by atoms with Crippen LogP contribution in [-0.2, 0) is 0 Å². The van der Waals surface area contributed by atoms with Gasteiger partial charge in [0.1, 0.15) is 0 Å². The lowest BCUT2D eigenvalue weighted by molar-refractivity contribution is 1.28. The first-order valence-electron chi connectivity index (χ1n) is 5.21. The SMILES string of the molecule is CSC(=Nc1ccc2[nH]cc(SC)c2c1)NC#N. The van der Waals surface area contributed by atoms with E-state index in [1.165, 1.54) is 16.7 Å². The van der Waals surface area contributed by atoms with Crippen LogP contribution in [0, 0.1) is 11.5 Å². The molecule has 0 bridgehead atoms. The molecule has 2 aromatic rings. The quantitative estimate of drug-likeness (QED) is 0.290. The number of nitrogens with zero attached hydrogens (tertiary/aromatic N) is 2. The highest BCUT2D eigenvalue weighted by atomic mass is 32.2. The van der Waals surface area contributed by atoms with Gasteiger partial charge in [0.2, 0.25) is 0 Å². The molecule has 0 radical (unpaired) electrons. The third-order valence-corrected chi connectivity index (χ3v) is 3.79. The average molecular weight is 276 g/mol. The Labute approximate surface area is 114 Å². The summed E-state index contributed by atoms with van der Waals surface area (Å²) in [7, 11) is 0. The molecule has 0 saturated carbocycles. The lowest BCUT2D eigenvalue weighted by atomic mass is 10.2. The third-order valence-electron chi connectivity index (χ3n) is 2.43. The highest BCUT2D eigenvalue weighted by Crippen LogP contribution is 2.29. The minimum Gasteiger partial charge on any atom is -0.360 e. The van der Waals surface area contributed by atoms with Crippen molar-refractivity contribution >= 4 is 45.3 Å². The van der Waals surface area contributed by atoms with Crippen LogP contribution in [0.3, 0.4) is 0 Å². The van der Waals surface area contributed by atoms with E-state index in [9.17, 15) is 0 Å². The molecule has 0 spiro atoms. The van der Waals surface area contributed by atoms with E-state index in [0.717, 1.165) is 16.6 Å². The van der Waals surface area contributed by atoms with Crippen LogP contribution in [0.5, 0.6) is 0 Å². The fraction of sp³-hybridized carbons (Fsp3) is 0.167. The number of rotatable bonds is 2. The zero-order valence-electron chi connectivity index (χ0n) is 10.0. The van der Waals surface area contributed by atoms with Crippen LogP contribution in [0.25, 0.3) is 10.9 Å². The number of thioether (sulfide) groups is 2. The zero-order valence-corrected chi connectivity index (χ0v) is 11.7. The van der Waals surface area contributed by atoms with Crippen molar-refractivity contribution in [1.82, 2.24) is 10.3 Å². The summed E-state index contributed by atoms with van der Waals surface area (Å²) in [5.41, 5.74) is 1.93. The van der Waals surface area contributed by atoms with E-state index in [1.54, 1.807) is 11.8 Å². The van der Waals surface area contributed by atoms with Gasteiger partial charge in [-0.3, -0.25) is 5.32 Å². The molecule has 0 aliphatic heterocycles. The Bertz CT molecular complexity index is 625. The second-order valence-electron chi connectivity index (χ2n) is 3.44. The maximum absolute atomic E-state index is 8.60. The topological polar surface area (TPSA) is 64.0 Å². The Morgan fingerprint density at radius 2 is 2.28 bits per heavy atom. The Morgan fingerprint density at radius 3 is 2.94 bits per heavy atom. The molecule has 2 N–H and O–H groups in total. The van der Waals surface area contributed by atoms with E-state index in [-0.39, 0.29) is 0 Å². The van der Waals surface area contributed by atoms with E-state index in [2.05, 4.69) is 15.3 Å². The number of amidine groups is 1. The summed E-state index contributed by atoms with van der Waals surface area (Å²) in [4.78, 5) is 8.81. The number of aromatic nitrogens is 1. The van der Waals surface area contributed by atoms with Gasteiger partial charge in [-0.2, -0.15) is 5.26 Å². The van der Waals surface area contributed by atoms with Gasteiger partial charge in [-0.25, -0.2) is 4.99 Å². The Kier molecular flexibility index (Phi) is 4.18. The fourth-order valence-corrected chi connectivity index (χ4v) is 2.52. The van der Waals surface area contributed by atoms with Gasteiger partial charge >= 0.3 is 0 Å². The number of hydrogen-bond acceptors (Lipinski definition) is 4. The van der Waals surface area contributed by atoms with Crippen LogP contribution >= 0.6 is 23.5 Å². The molecule has 1 aromatic carbocycles. The van der Waals surface area contributed by atoms with Crippen molar-refractivity contribution in [3.8, 4) is 6.19 Å².